The Bertz CT molecular complexity index is 381. The van der Waals surface area contributed by atoms with Crippen molar-refractivity contribution in [3.8, 4) is 0 Å². The van der Waals surface area contributed by atoms with Gasteiger partial charge in [0.15, 0.2) is 0 Å². The smallest absolute Gasteiger partial charge is 0.127 e. The van der Waals surface area contributed by atoms with E-state index in [1.807, 2.05) is 19.3 Å². The molecule has 0 aliphatic heterocycles. The van der Waals surface area contributed by atoms with Crippen molar-refractivity contribution in [2.45, 2.75) is 25.7 Å². The quantitative estimate of drug-likeness (QED) is 0.796. The van der Waals surface area contributed by atoms with Crippen LogP contribution in [0.3, 0.4) is 0 Å². The fourth-order valence-corrected chi connectivity index (χ4v) is 2.54. The van der Waals surface area contributed by atoms with Crippen LogP contribution in [0.25, 0.3) is 0 Å². The zero-order chi connectivity index (χ0) is 11.0. The Labute approximate surface area is 96.7 Å². The first-order valence-corrected chi connectivity index (χ1v) is 6.20. The summed E-state index contributed by atoms with van der Waals surface area (Å²) in [6.45, 7) is 1.14. The van der Waals surface area contributed by atoms with Crippen LogP contribution in [0.4, 0.5) is 11.5 Å². The van der Waals surface area contributed by atoms with Gasteiger partial charge in [0, 0.05) is 31.5 Å². The van der Waals surface area contributed by atoms with E-state index in [9.17, 15) is 0 Å². The molecule has 2 aliphatic rings. The van der Waals surface area contributed by atoms with E-state index in [4.69, 9.17) is 0 Å². The third-order valence-corrected chi connectivity index (χ3v) is 4.00. The Morgan fingerprint density at radius 2 is 2.25 bits per heavy atom. The summed E-state index contributed by atoms with van der Waals surface area (Å²) in [4.78, 5) is 4.21. The maximum atomic E-state index is 4.21. The van der Waals surface area contributed by atoms with Crippen molar-refractivity contribution >= 4 is 11.5 Å². The topological polar surface area (TPSA) is 37.0 Å². The highest BCUT2D eigenvalue weighted by Gasteiger charge is 2.53. The Kier molecular flexibility index (Phi) is 2.27. The molecule has 2 saturated carbocycles. The highest BCUT2D eigenvalue weighted by atomic mass is 15.0. The predicted molar refractivity (Wildman–Crippen MR) is 66.7 cm³/mol. The van der Waals surface area contributed by atoms with E-state index in [0.29, 0.717) is 5.41 Å². The van der Waals surface area contributed by atoms with Crippen LogP contribution in [-0.2, 0) is 0 Å². The van der Waals surface area contributed by atoms with E-state index >= 15 is 0 Å². The second-order valence-corrected chi connectivity index (χ2v) is 5.17. The summed E-state index contributed by atoms with van der Waals surface area (Å²) in [6.07, 6.45) is 7.62. The van der Waals surface area contributed by atoms with E-state index in [-0.39, 0.29) is 0 Å². The van der Waals surface area contributed by atoms with Crippen LogP contribution < -0.4 is 10.6 Å². The molecular formula is C13H19N3. The number of rotatable bonds is 5. The van der Waals surface area contributed by atoms with Crippen molar-refractivity contribution in [1.29, 1.82) is 0 Å². The van der Waals surface area contributed by atoms with Crippen LogP contribution >= 0.6 is 0 Å². The summed E-state index contributed by atoms with van der Waals surface area (Å²) in [5.41, 5.74) is 1.84. The summed E-state index contributed by atoms with van der Waals surface area (Å²) >= 11 is 0. The molecule has 0 aromatic carbocycles. The second kappa shape index (κ2) is 3.65. The maximum absolute atomic E-state index is 4.21. The zero-order valence-corrected chi connectivity index (χ0v) is 9.79. The summed E-state index contributed by atoms with van der Waals surface area (Å²) in [5, 5.41) is 6.63. The fraction of sp³-hybridized carbons (Fsp3) is 0.615. The summed E-state index contributed by atoms with van der Waals surface area (Å²) in [6, 6.07) is 4.12. The average molecular weight is 217 g/mol. The molecule has 3 heteroatoms. The Morgan fingerprint density at radius 1 is 1.44 bits per heavy atom. The predicted octanol–water partition coefficient (Wildman–Crippen LogP) is 2.73. The van der Waals surface area contributed by atoms with E-state index in [1.165, 1.54) is 31.4 Å². The van der Waals surface area contributed by atoms with Crippen molar-refractivity contribution < 1.29 is 0 Å². The Hall–Kier alpha value is -1.25. The number of hydrogen-bond acceptors (Lipinski definition) is 3. The molecule has 0 radical (unpaired) electrons. The molecule has 0 unspecified atom stereocenters. The molecule has 3 nitrogen and oxygen atoms in total. The highest BCUT2D eigenvalue weighted by molar-refractivity contribution is 5.51. The highest BCUT2D eigenvalue weighted by Crippen LogP contribution is 2.61. The molecule has 2 aliphatic carbocycles. The van der Waals surface area contributed by atoms with Crippen molar-refractivity contribution in [2.24, 2.45) is 11.3 Å². The third kappa shape index (κ3) is 1.86. The van der Waals surface area contributed by atoms with E-state index in [2.05, 4.69) is 21.7 Å². The van der Waals surface area contributed by atoms with Gasteiger partial charge < -0.3 is 10.6 Å². The van der Waals surface area contributed by atoms with Gasteiger partial charge in [-0.25, -0.2) is 4.98 Å². The van der Waals surface area contributed by atoms with Crippen LogP contribution in [0.5, 0.6) is 0 Å². The molecule has 3 rings (SSSR count). The number of nitrogens with one attached hydrogen (secondary N) is 2. The van der Waals surface area contributed by atoms with Gasteiger partial charge in [0.25, 0.3) is 0 Å². The summed E-state index contributed by atoms with van der Waals surface area (Å²) in [7, 11) is 1.90. The van der Waals surface area contributed by atoms with Crippen molar-refractivity contribution in [1.82, 2.24) is 4.98 Å². The summed E-state index contributed by atoms with van der Waals surface area (Å²) < 4.78 is 0. The molecule has 2 N–H and O–H groups in total. The average Bonchev–Trinajstić information content (AvgIpc) is 3.17. The lowest BCUT2D eigenvalue weighted by molar-refractivity contribution is 0.467. The van der Waals surface area contributed by atoms with Crippen molar-refractivity contribution in [3.05, 3.63) is 18.3 Å². The van der Waals surface area contributed by atoms with E-state index in [0.717, 1.165) is 18.3 Å². The minimum Gasteiger partial charge on any atom is -0.384 e. The van der Waals surface area contributed by atoms with Gasteiger partial charge >= 0.3 is 0 Å². The molecule has 0 amide bonds. The Balaban J connectivity index is 1.61. The van der Waals surface area contributed by atoms with Gasteiger partial charge in [0.1, 0.15) is 5.82 Å². The van der Waals surface area contributed by atoms with Crippen LogP contribution in [0, 0.1) is 11.3 Å². The van der Waals surface area contributed by atoms with Crippen LogP contribution in [-0.4, -0.2) is 18.6 Å². The van der Waals surface area contributed by atoms with Gasteiger partial charge in [-0.3, -0.25) is 0 Å². The van der Waals surface area contributed by atoms with Crippen LogP contribution in [0.2, 0.25) is 0 Å². The normalized spacial score (nSPS) is 21.6. The SMILES string of the molecule is CNc1cc(NCC2(C3CC3)CC2)ccn1. The number of aromatic nitrogens is 1. The maximum Gasteiger partial charge on any atom is 0.127 e. The standard InChI is InChI=1S/C13H19N3/c1-14-12-8-11(4-7-15-12)16-9-13(5-6-13)10-2-3-10/h4,7-8,10H,2-3,5-6,9H2,1H3,(H2,14,15,16). The molecule has 1 aromatic heterocycles. The zero-order valence-electron chi connectivity index (χ0n) is 9.79. The Morgan fingerprint density at radius 3 is 2.88 bits per heavy atom. The molecule has 1 heterocycles. The fourth-order valence-electron chi connectivity index (χ4n) is 2.54. The van der Waals surface area contributed by atoms with Gasteiger partial charge in [-0.2, -0.15) is 0 Å². The largest absolute Gasteiger partial charge is 0.384 e. The number of anilines is 2. The van der Waals surface area contributed by atoms with Gasteiger partial charge in [0.05, 0.1) is 0 Å². The van der Waals surface area contributed by atoms with Gasteiger partial charge in [0.2, 0.25) is 0 Å². The lowest BCUT2D eigenvalue weighted by Crippen LogP contribution is -2.17. The van der Waals surface area contributed by atoms with Crippen molar-refractivity contribution in [3.63, 3.8) is 0 Å². The van der Waals surface area contributed by atoms with Gasteiger partial charge in [-0.1, -0.05) is 0 Å². The molecule has 0 saturated heterocycles. The number of pyridine rings is 1. The second-order valence-electron chi connectivity index (χ2n) is 5.17. The monoisotopic (exact) mass is 217 g/mol. The molecule has 1 aromatic rings. The minimum absolute atomic E-state index is 0.656. The summed E-state index contributed by atoms with van der Waals surface area (Å²) in [5.74, 6) is 1.95. The van der Waals surface area contributed by atoms with Gasteiger partial charge in [-0.15, -0.1) is 0 Å². The third-order valence-electron chi connectivity index (χ3n) is 4.00. The van der Waals surface area contributed by atoms with Crippen LogP contribution in [0.1, 0.15) is 25.7 Å². The first-order valence-electron chi connectivity index (χ1n) is 6.20. The van der Waals surface area contributed by atoms with Crippen LogP contribution in [0.15, 0.2) is 18.3 Å². The van der Waals surface area contributed by atoms with Crippen molar-refractivity contribution in [2.75, 3.05) is 24.2 Å². The van der Waals surface area contributed by atoms with Gasteiger partial charge in [-0.05, 0) is 43.1 Å². The first-order chi connectivity index (χ1) is 7.82. The van der Waals surface area contributed by atoms with E-state index < -0.39 is 0 Å². The number of hydrogen-bond donors (Lipinski definition) is 2. The molecule has 0 spiro atoms. The molecule has 2 fully saturated rings. The molecule has 0 bridgehead atoms. The number of nitrogens with zero attached hydrogens (tertiary/aromatic N) is 1. The molecular weight excluding hydrogens is 198 g/mol. The molecule has 0 atom stereocenters. The first kappa shape index (κ1) is 9.94. The minimum atomic E-state index is 0.656. The lowest BCUT2D eigenvalue weighted by Gasteiger charge is -2.16. The molecule has 86 valence electrons. The lowest BCUT2D eigenvalue weighted by atomic mass is 10.0. The molecule has 16 heavy (non-hydrogen) atoms. The van der Waals surface area contributed by atoms with E-state index in [1.54, 1.807) is 0 Å².